The van der Waals surface area contributed by atoms with E-state index in [1.165, 1.54) is 11.4 Å². The Morgan fingerprint density at radius 2 is 1.45 bits per heavy atom. The second-order valence-corrected chi connectivity index (χ2v) is 9.18. The zero-order valence-corrected chi connectivity index (χ0v) is 19.1. The van der Waals surface area contributed by atoms with E-state index in [0.717, 1.165) is 36.9 Å². The fraction of sp³-hybridized carbons (Fsp3) is 0.267. The Kier molecular flexibility index (Phi) is 5.84. The van der Waals surface area contributed by atoms with Gasteiger partial charge < -0.3 is 0 Å². The quantitative estimate of drug-likeness (QED) is 0.345. The van der Waals surface area contributed by atoms with E-state index in [1.807, 2.05) is 12.1 Å². The van der Waals surface area contributed by atoms with Gasteiger partial charge in [0.2, 0.25) is 0 Å². The highest BCUT2D eigenvalue weighted by Crippen LogP contribution is 2.49. The molecule has 0 saturated heterocycles. The summed E-state index contributed by atoms with van der Waals surface area (Å²) in [6.07, 6.45) is 7.55. The molecule has 1 fully saturated rings. The second kappa shape index (κ2) is 9.08. The number of rotatable bonds is 6. The van der Waals surface area contributed by atoms with Gasteiger partial charge in [0, 0.05) is 6.92 Å². The molecule has 0 amide bonds. The van der Waals surface area contributed by atoms with Crippen LogP contribution in [0.15, 0.2) is 103 Å². The van der Waals surface area contributed by atoms with Crippen LogP contribution in [0.25, 0.3) is 0 Å². The third kappa shape index (κ3) is 3.87. The van der Waals surface area contributed by atoms with Gasteiger partial charge in [-0.05, 0) is 41.9 Å². The van der Waals surface area contributed by atoms with Crippen LogP contribution < -0.4 is 4.57 Å². The molecular weight excluding hydrogens is 402 g/mol. The molecule has 3 nitrogen and oxygen atoms in total. The van der Waals surface area contributed by atoms with Crippen LogP contribution in [0.3, 0.4) is 0 Å². The molecule has 0 aliphatic heterocycles. The lowest BCUT2D eigenvalue weighted by Crippen LogP contribution is -2.36. The van der Waals surface area contributed by atoms with Crippen LogP contribution in [0, 0.1) is 24.2 Å². The molecule has 1 aliphatic rings. The Bertz CT molecular complexity index is 1200. The summed E-state index contributed by atoms with van der Waals surface area (Å²) in [5.41, 5.74) is 2.89. The third-order valence-electron chi connectivity index (χ3n) is 7.44. The lowest BCUT2D eigenvalue weighted by Gasteiger charge is -2.34. The van der Waals surface area contributed by atoms with Crippen LogP contribution in [0.2, 0.25) is 0 Å². The smallest absolute Gasteiger partial charge is 0.232 e. The van der Waals surface area contributed by atoms with E-state index >= 15 is 0 Å². The van der Waals surface area contributed by atoms with Crippen LogP contribution in [0.1, 0.15) is 47.8 Å². The van der Waals surface area contributed by atoms with Crippen molar-refractivity contribution >= 4 is 0 Å². The van der Waals surface area contributed by atoms with Crippen molar-refractivity contribution in [1.82, 2.24) is 4.57 Å². The van der Waals surface area contributed by atoms with Crippen LogP contribution in [0.5, 0.6) is 0 Å². The Labute approximate surface area is 196 Å². The standard InChI is InChI=1S/C30H30N3/c1-24-32(22-25-11-5-2-6-12-25)19-20-33(24)29-18-17-28(21-29)30(23-31,26-13-7-3-8-14-26)27-15-9-4-10-16-27/h2-16,19-20,28-29H,17-18,21-22H2,1H3/q+1. The third-order valence-corrected chi connectivity index (χ3v) is 7.44. The average Bonchev–Trinajstić information content (AvgIpc) is 3.50. The van der Waals surface area contributed by atoms with Gasteiger partial charge in [-0.2, -0.15) is 5.26 Å². The Hall–Kier alpha value is -3.64. The monoisotopic (exact) mass is 432 g/mol. The molecular formula is C30H30N3+. The first-order chi connectivity index (χ1) is 16.2. The molecule has 3 heteroatoms. The van der Waals surface area contributed by atoms with Crippen molar-refractivity contribution in [3.05, 3.63) is 126 Å². The number of aromatic nitrogens is 2. The van der Waals surface area contributed by atoms with Gasteiger partial charge in [-0.1, -0.05) is 91.0 Å². The number of imidazole rings is 1. The second-order valence-electron chi connectivity index (χ2n) is 9.18. The first-order valence-electron chi connectivity index (χ1n) is 11.9. The lowest BCUT2D eigenvalue weighted by molar-refractivity contribution is -0.694. The van der Waals surface area contributed by atoms with Gasteiger partial charge in [0.05, 0.1) is 6.07 Å². The van der Waals surface area contributed by atoms with Crippen LogP contribution in [0.4, 0.5) is 0 Å². The first-order valence-corrected chi connectivity index (χ1v) is 11.9. The van der Waals surface area contributed by atoms with E-state index in [-0.39, 0.29) is 5.92 Å². The van der Waals surface area contributed by atoms with Crippen molar-refractivity contribution in [2.75, 3.05) is 0 Å². The minimum absolute atomic E-state index is 0.265. The summed E-state index contributed by atoms with van der Waals surface area (Å²) in [5.74, 6) is 1.54. The number of hydrogen-bond donors (Lipinski definition) is 0. The molecule has 3 aromatic carbocycles. The summed E-state index contributed by atoms with van der Waals surface area (Å²) >= 11 is 0. The molecule has 0 radical (unpaired) electrons. The van der Waals surface area contributed by atoms with Crippen molar-refractivity contribution in [2.24, 2.45) is 5.92 Å². The topological polar surface area (TPSA) is 32.6 Å². The van der Waals surface area contributed by atoms with Crippen molar-refractivity contribution < 1.29 is 4.57 Å². The maximum absolute atomic E-state index is 10.7. The molecule has 0 bridgehead atoms. The fourth-order valence-electron chi connectivity index (χ4n) is 5.71. The first kappa shape index (κ1) is 21.2. The van der Waals surface area contributed by atoms with E-state index in [9.17, 15) is 5.26 Å². The maximum Gasteiger partial charge on any atom is 0.253 e. The molecule has 5 rings (SSSR count). The molecule has 4 aromatic rings. The highest BCUT2D eigenvalue weighted by atomic mass is 15.2. The summed E-state index contributed by atoms with van der Waals surface area (Å²) in [6.45, 7) is 3.09. The summed E-state index contributed by atoms with van der Waals surface area (Å²) in [5, 5.41) is 10.7. The fourth-order valence-corrected chi connectivity index (χ4v) is 5.71. The zero-order valence-electron chi connectivity index (χ0n) is 19.1. The minimum atomic E-state index is -0.627. The van der Waals surface area contributed by atoms with Crippen molar-refractivity contribution in [1.29, 1.82) is 5.26 Å². The van der Waals surface area contributed by atoms with E-state index in [1.54, 1.807) is 0 Å². The normalized spacial score (nSPS) is 18.2. The summed E-state index contributed by atoms with van der Waals surface area (Å²) in [7, 11) is 0. The van der Waals surface area contributed by atoms with E-state index < -0.39 is 5.41 Å². The van der Waals surface area contributed by atoms with Gasteiger partial charge >= 0.3 is 0 Å². The van der Waals surface area contributed by atoms with Gasteiger partial charge in [-0.3, -0.25) is 0 Å². The highest BCUT2D eigenvalue weighted by Gasteiger charge is 2.47. The maximum atomic E-state index is 10.7. The predicted octanol–water partition coefficient (Wildman–Crippen LogP) is 5.98. The Balaban J connectivity index is 1.45. The SMILES string of the molecule is Cc1n(C2CCC(C(C#N)(c3ccccc3)c3ccccc3)C2)cc[n+]1Cc1ccccc1. The largest absolute Gasteiger partial charge is 0.253 e. The van der Waals surface area contributed by atoms with Crippen LogP contribution >= 0.6 is 0 Å². The number of benzene rings is 3. The molecule has 1 aromatic heterocycles. The molecule has 1 heterocycles. The summed E-state index contributed by atoms with van der Waals surface area (Å²) in [4.78, 5) is 0. The Morgan fingerprint density at radius 1 is 0.879 bits per heavy atom. The van der Waals surface area contributed by atoms with Crippen molar-refractivity contribution in [3.63, 3.8) is 0 Å². The predicted molar refractivity (Wildman–Crippen MR) is 131 cm³/mol. The van der Waals surface area contributed by atoms with E-state index in [2.05, 4.69) is 113 Å². The van der Waals surface area contributed by atoms with Crippen LogP contribution in [-0.4, -0.2) is 4.57 Å². The van der Waals surface area contributed by atoms with Gasteiger partial charge in [-0.25, -0.2) is 9.13 Å². The average molecular weight is 433 g/mol. The number of nitriles is 1. The molecule has 2 atom stereocenters. The van der Waals surface area contributed by atoms with Gasteiger partial charge in [0.1, 0.15) is 30.4 Å². The summed E-state index contributed by atoms with van der Waals surface area (Å²) in [6, 6.07) is 34.6. The number of nitrogens with zero attached hydrogens (tertiary/aromatic N) is 3. The number of hydrogen-bond acceptors (Lipinski definition) is 1. The molecule has 164 valence electrons. The molecule has 0 spiro atoms. The lowest BCUT2D eigenvalue weighted by atomic mass is 9.66. The molecule has 1 saturated carbocycles. The highest BCUT2D eigenvalue weighted by molar-refractivity contribution is 5.47. The molecule has 0 N–H and O–H groups in total. The summed E-state index contributed by atoms with van der Waals surface area (Å²) < 4.78 is 4.76. The van der Waals surface area contributed by atoms with E-state index in [0.29, 0.717) is 6.04 Å². The van der Waals surface area contributed by atoms with Gasteiger partial charge in [0.25, 0.3) is 5.82 Å². The molecule has 1 aliphatic carbocycles. The van der Waals surface area contributed by atoms with E-state index in [4.69, 9.17) is 0 Å². The van der Waals surface area contributed by atoms with Gasteiger partial charge in [0.15, 0.2) is 0 Å². The zero-order chi connectivity index (χ0) is 22.7. The molecule has 33 heavy (non-hydrogen) atoms. The molecule has 2 unspecified atom stereocenters. The van der Waals surface area contributed by atoms with Crippen LogP contribution in [-0.2, 0) is 12.0 Å². The van der Waals surface area contributed by atoms with Crippen molar-refractivity contribution in [3.8, 4) is 6.07 Å². The van der Waals surface area contributed by atoms with Crippen molar-refractivity contribution in [2.45, 2.75) is 44.2 Å². The van der Waals surface area contributed by atoms with Gasteiger partial charge in [-0.15, -0.1) is 0 Å². The minimum Gasteiger partial charge on any atom is -0.232 e. The Morgan fingerprint density at radius 3 is 2.03 bits per heavy atom.